The fraction of sp³-hybridized carbons (Fsp3) is 0.861. The Kier molecular flexibility index (Phi) is 56.8. The van der Waals surface area contributed by atoms with Gasteiger partial charge in [-0.3, -0.25) is 9.59 Å². The summed E-state index contributed by atoms with van der Waals surface area (Å²) in [5.74, 6) is -1.19. The minimum Gasteiger partial charge on any atom is -0.454 e. The van der Waals surface area contributed by atoms with Gasteiger partial charge >= 0.3 is 5.97 Å². The number of hydrogen-bond acceptors (Lipinski definition) is 10. The summed E-state index contributed by atoms with van der Waals surface area (Å²) in [7, 11) is 0. The summed E-state index contributed by atoms with van der Waals surface area (Å²) < 4.78 is 17.7. The van der Waals surface area contributed by atoms with Crippen molar-refractivity contribution in [2.24, 2.45) is 0 Å². The number of carbonyl (C=O) groups is 2. The van der Waals surface area contributed by atoms with Gasteiger partial charge in [0.1, 0.15) is 24.4 Å². The molecule has 0 radical (unpaired) electrons. The van der Waals surface area contributed by atoms with E-state index in [4.69, 9.17) is 14.2 Å². The van der Waals surface area contributed by atoms with Crippen molar-refractivity contribution in [2.45, 2.75) is 384 Å². The van der Waals surface area contributed by atoms with Crippen molar-refractivity contribution in [3.05, 3.63) is 48.6 Å². The van der Waals surface area contributed by atoms with Crippen molar-refractivity contribution in [3.63, 3.8) is 0 Å². The molecule has 8 atom stereocenters. The molecule has 1 aliphatic heterocycles. The smallest absolute Gasteiger partial charge is 0.306 e. The van der Waals surface area contributed by atoms with E-state index < -0.39 is 67.4 Å². The summed E-state index contributed by atoms with van der Waals surface area (Å²) in [6.07, 6.45) is 64.4. The van der Waals surface area contributed by atoms with Gasteiger partial charge in [-0.25, -0.2) is 0 Å². The molecule has 1 fully saturated rings. The third kappa shape index (κ3) is 47.4. The standard InChI is InChI=1S/C72H133NO10/c1-4-7-10-13-16-19-22-25-27-28-29-30-31-32-33-34-35-36-37-39-41-44-47-50-53-56-59-65(76)71(80)73-63(64(75)58-55-52-49-46-43-40-24-21-18-15-12-9-6-3)62-81-72-70(69(79)68(78)66(61-74)82-72)83-67(77)60-57-54-51-48-45-42-38-26-23-20-17-14-11-8-5-2/h16,19-20,23,25,27,55,58,63-66,68-70,72,74-76,78-79H,4-15,17-18,21-22,24,26,28-54,56-57,59-62H2,1-3H3,(H,73,80)/b19-16-,23-20-,27-25-,58-55+. The molecule has 6 N–H and O–H groups in total. The SMILES string of the molecule is CCCCC/C=C\C/C=C\CCCCCCCCCCCCCCCCCCC(O)C(=O)NC(COC1OC(CO)C(O)C(O)C1OC(=O)CCCCCCCCC/C=C\CCCCCC)C(O)/C=C/CCCCCCCCCCCCC. The van der Waals surface area contributed by atoms with Gasteiger partial charge in [-0.2, -0.15) is 0 Å². The van der Waals surface area contributed by atoms with Gasteiger partial charge < -0.3 is 45.1 Å². The molecule has 0 aromatic rings. The Bertz CT molecular complexity index is 1540. The molecular formula is C72H133NO10. The second kappa shape index (κ2) is 59.9. The molecule has 0 bridgehead atoms. The van der Waals surface area contributed by atoms with Crippen LogP contribution in [0.4, 0.5) is 0 Å². The highest BCUT2D eigenvalue weighted by Gasteiger charge is 2.47. The van der Waals surface area contributed by atoms with Gasteiger partial charge in [0.05, 0.1) is 25.4 Å². The van der Waals surface area contributed by atoms with E-state index in [0.717, 1.165) is 77.0 Å². The summed E-state index contributed by atoms with van der Waals surface area (Å²) in [5.41, 5.74) is 0. The molecule has 1 heterocycles. The summed E-state index contributed by atoms with van der Waals surface area (Å²) >= 11 is 0. The first-order chi connectivity index (χ1) is 40.7. The molecule has 1 aliphatic rings. The Balaban J connectivity index is 2.56. The quantitative estimate of drug-likeness (QED) is 0.0195. The van der Waals surface area contributed by atoms with Gasteiger partial charge in [0.2, 0.25) is 5.91 Å². The number of rotatable bonds is 61. The van der Waals surface area contributed by atoms with Crippen molar-refractivity contribution in [2.75, 3.05) is 13.2 Å². The Hall–Kier alpha value is -2.38. The third-order valence-electron chi connectivity index (χ3n) is 16.7. The van der Waals surface area contributed by atoms with Crippen LogP contribution in [0.25, 0.3) is 0 Å². The topological polar surface area (TPSA) is 175 Å². The van der Waals surface area contributed by atoms with Crippen LogP contribution in [0, 0.1) is 0 Å². The largest absolute Gasteiger partial charge is 0.454 e. The molecule has 8 unspecified atom stereocenters. The number of amides is 1. The number of aliphatic hydroxyl groups excluding tert-OH is 5. The van der Waals surface area contributed by atoms with Gasteiger partial charge in [-0.15, -0.1) is 0 Å². The lowest BCUT2D eigenvalue weighted by Gasteiger charge is -2.41. The highest BCUT2D eigenvalue weighted by molar-refractivity contribution is 5.80. The first kappa shape index (κ1) is 78.6. The second-order valence-corrected chi connectivity index (χ2v) is 24.6. The molecule has 83 heavy (non-hydrogen) atoms. The zero-order valence-electron chi connectivity index (χ0n) is 54.1. The third-order valence-corrected chi connectivity index (χ3v) is 16.7. The molecule has 0 aromatic heterocycles. The van der Waals surface area contributed by atoms with E-state index in [1.54, 1.807) is 6.08 Å². The minimum absolute atomic E-state index is 0.120. The van der Waals surface area contributed by atoms with Crippen LogP contribution >= 0.6 is 0 Å². The van der Waals surface area contributed by atoms with Crippen LogP contribution in [-0.2, 0) is 23.8 Å². The summed E-state index contributed by atoms with van der Waals surface area (Å²) in [6, 6.07) is -1.02. The second-order valence-electron chi connectivity index (χ2n) is 24.6. The maximum Gasteiger partial charge on any atom is 0.306 e. The maximum atomic E-state index is 13.5. The monoisotopic (exact) mass is 1170 g/mol. The molecule has 1 rings (SSSR count). The van der Waals surface area contributed by atoms with Crippen molar-refractivity contribution in [3.8, 4) is 0 Å². The number of nitrogens with one attached hydrogen (secondary N) is 1. The zero-order valence-corrected chi connectivity index (χ0v) is 54.1. The highest BCUT2D eigenvalue weighted by Crippen LogP contribution is 2.26. The average molecular weight is 1170 g/mol. The number of unbranched alkanes of at least 4 members (excludes halogenated alkanes) is 41. The van der Waals surface area contributed by atoms with Gasteiger partial charge in [-0.05, 0) is 83.5 Å². The number of carbonyl (C=O) groups excluding carboxylic acids is 2. The van der Waals surface area contributed by atoms with Crippen molar-refractivity contribution >= 4 is 11.9 Å². The van der Waals surface area contributed by atoms with Crippen molar-refractivity contribution < 1.29 is 49.3 Å². The Morgan fingerprint density at radius 1 is 0.470 bits per heavy atom. The molecule has 1 saturated heterocycles. The summed E-state index contributed by atoms with van der Waals surface area (Å²) in [4.78, 5) is 26.6. The van der Waals surface area contributed by atoms with E-state index in [9.17, 15) is 35.1 Å². The van der Waals surface area contributed by atoms with Crippen molar-refractivity contribution in [1.82, 2.24) is 5.32 Å². The molecule has 0 aliphatic carbocycles. The minimum atomic E-state index is -1.61. The molecule has 0 aromatic carbocycles. The summed E-state index contributed by atoms with van der Waals surface area (Å²) in [6.45, 7) is 5.79. The van der Waals surface area contributed by atoms with Crippen molar-refractivity contribution in [1.29, 1.82) is 0 Å². The summed E-state index contributed by atoms with van der Waals surface area (Å²) in [5, 5.41) is 57.2. The molecule has 1 amide bonds. The van der Waals surface area contributed by atoms with Gasteiger partial charge in [0.15, 0.2) is 12.4 Å². The van der Waals surface area contributed by atoms with E-state index >= 15 is 0 Å². The predicted octanol–water partition coefficient (Wildman–Crippen LogP) is 18.0. The predicted molar refractivity (Wildman–Crippen MR) is 347 cm³/mol. The van der Waals surface area contributed by atoms with Crippen LogP contribution in [0.1, 0.15) is 335 Å². The molecule has 486 valence electrons. The van der Waals surface area contributed by atoms with Gasteiger partial charge in [0.25, 0.3) is 0 Å². The van der Waals surface area contributed by atoms with E-state index in [1.165, 1.54) is 212 Å². The lowest BCUT2D eigenvalue weighted by molar-refractivity contribution is -0.305. The van der Waals surface area contributed by atoms with Gasteiger partial charge in [0, 0.05) is 6.42 Å². The van der Waals surface area contributed by atoms with Crippen LogP contribution < -0.4 is 5.32 Å². The Morgan fingerprint density at radius 2 is 0.831 bits per heavy atom. The molecular weight excluding hydrogens is 1040 g/mol. The van der Waals surface area contributed by atoms with Crippen LogP contribution in [0.3, 0.4) is 0 Å². The highest BCUT2D eigenvalue weighted by atomic mass is 16.7. The molecule has 11 heteroatoms. The maximum absolute atomic E-state index is 13.5. The fourth-order valence-corrected chi connectivity index (χ4v) is 11.1. The normalized spacial score (nSPS) is 18.8. The average Bonchev–Trinajstić information content (AvgIpc) is 3.55. The first-order valence-corrected chi connectivity index (χ1v) is 35.4. The lowest BCUT2D eigenvalue weighted by Crippen LogP contribution is -2.61. The van der Waals surface area contributed by atoms with E-state index in [-0.39, 0.29) is 13.0 Å². The number of hydrogen-bond donors (Lipinski definition) is 6. The number of allylic oxidation sites excluding steroid dienone is 7. The van der Waals surface area contributed by atoms with Crippen LogP contribution in [-0.4, -0.2) is 99.6 Å². The molecule has 0 spiro atoms. The van der Waals surface area contributed by atoms with Gasteiger partial charge in [-0.1, -0.05) is 294 Å². The molecule has 11 nitrogen and oxygen atoms in total. The van der Waals surface area contributed by atoms with Crippen LogP contribution in [0.5, 0.6) is 0 Å². The van der Waals surface area contributed by atoms with Crippen LogP contribution in [0.15, 0.2) is 48.6 Å². The first-order valence-electron chi connectivity index (χ1n) is 35.4. The number of aliphatic hydroxyl groups is 5. The molecule has 0 saturated carbocycles. The fourth-order valence-electron chi connectivity index (χ4n) is 11.1. The Labute approximate surface area is 510 Å². The van der Waals surface area contributed by atoms with E-state index in [0.29, 0.717) is 19.3 Å². The zero-order chi connectivity index (χ0) is 60.3. The number of esters is 1. The Morgan fingerprint density at radius 3 is 1.28 bits per heavy atom. The lowest BCUT2D eigenvalue weighted by atomic mass is 9.99. The van der Waals surface area contributed by atoms with E-state index in [2.05, 4.69) is 62.5 Å². The van der Waals surface area contributed by atoms with Crippen LogP contribution in [0.2, 0.25) is 0 Å². The number of ether oxygens (including phenoxy) is 3. The van der Waals surface area contributed by atoms with E-state index in [1.807, 2.05) is 6.08 Å².